The normalized spacial score (nSPS) is 21.3. The standard InChI is InChI=1S/C19H17ClN2O5/c1-3-26-18(23)19(15-10-9-14(22(24)25)11-16(15)20)12(2)27-17(21-19)13-7-5-4-6-8-13/h4-12H,3H2,1-2H3/t12-,19+/m1/s1. The number of carbonyl (C=O) groups excluding carboxylic acids is 1. The molecule has 27 heavy (non-hydrogen) atoms. The van der Waals surface area contributed by atoms with E-state index in [2.05, 4.69) is 4.99 Å². The van der Waals surface area contributed by atoms with Crippen LogP contribution in [0.4, 0.5) is 5.69 Å². The Morgan fingerprint density at radius 3 is 2.63 bits per heavy atom. The highest BCUT2D eigenvalue weighted by Crippen LogP contribution is 2.43. The van der Waals surface area contributed by atoms with Crippen molar-refractivity contribution in [3.05, 3.63) is 74.8 Å². The third-order valence-corrected chi connectivity index (χ3v) is 4.65. The Hall–Kier alpha value is -2.93. The molecule has 1 heterocycles. The molecule has 2 atom stereocenters. The number of halogens is 1. The van der Waals surface area contributed by atoms with E-state index in [1.165, 1.54) is 18.2 Å². The Morgan fingerprint density at radius 2 is 2.04 bits per heavy atom. The summed E-state index contributed by atoms with van der Waals surface area (Å²) < 4.78 is 11.1. The Labute approximate surface area is 160 Å². The molecule has 1 aliphatic rings. The van der Waals surface area contributed by atoms with E-state index in [1.807, 2.05) is 30.3 Å². The average molecular weight is 389 g/mol. The van der Waals surface area contributed by atoms with Crippen LogP contribution in [0.15, 0.2) is 53.5 Å². The molecule has 8 heteroatoms. The topological polar surface area (TPSA) is 91.0 Å². The van der Waals surface area contributed by atoms with Gasteiger partial charge in [0.15, 0.2) is 0 Å². The van der Waals surface area contributed by atoms with Gasteiger partial charge in [0.25, 0.3) is 5.69 Å². The number of nitrogens with zero attached hydrogens (tertiary/aromatic N) is 2. The monoisotopic (exact) mass is 388 g/mol. The van der Waals surface area contributed by atoms with Crippen molar-refractivity contribution in [2.45, 2.75) is 25.5 Å². The van der Waals surface area contributed by atoms with Crippen LogP contribution in [0.1, 0.15) is 25.0 Å². The molecule has 0 aliphatic carbocycles. The van der Waals surface area contributed by atoms with Crippen molar-refractivity contribution in [1.29, 1.82) is 0 Å². The second-order valence-corrected chi connectivity index (χ2v) is 6.36. The molecule has 0 radical (unpaired) electrons. The Kier molecular flexibility index (Phi) is 5.14. The van der Waals surface area contributed by atoms with E-state index in [4.69, 9.17) is 21.1 Å². The summed E-state index contributed by atoms with van der Waals surface area (Å²) in [6.07, 6.45) is -0.717. The van der Waals surface area contributed by atoms with Gasteiger partial charge in [0.1, 0.15) is 6.10 Å². The van der Waals surface area contributed by atoms with Crippen LogP contribution in [-0.2, 0) is 19.8 Å². The van der Waals surface area contributed by atoms with Crippen LogP contribution in [-0.4, -0.2) is 29.5 Å². The lowest BCUT2D eigenvalue weighted by atomic mass is 9.85. The molecule has 140 valence electrons. The highest BCUT2D eigenvalue weighted by molar-refractivity contribution is 6.32. The van der Waals surface area contributed by atoms with Crippen LogP contribution < -0.4 is 0 Å². The van der Waals surface area contributed by atoms with E-state index in [1.54, 1.807) is 13.8 Å². The van der Waals surface area contributed by atoms with E-state index in [0.717, 1.165) is 0 Å². The van der Waals surface area contributed by atoms with Gasteiger partial charge in [-0.2, -0.15) is 0 Å². The quantitative estimate of drug-likeness (QED) is 0.440. The molecule has 2 aromatic rings. The highest BCUT2D eigenvalue weighted by atomic mass is 35.5. The van der Waals surface area contributed by atoms with Gasteiger partial charge < -0.3 is 9.47 Å². The first kappa shape index (κ1) is 18.8. The van der Waals surface area contributed by atoms with Gasteiger partial charge in [0.2, 0.25) is 11.4 Å². The fraction of sp³-hybridized carbons (Fsp3) is 0.263. The van der Waals surface area contributed by atoms with Crippen LogP contribution in [0, 0.1) is 10.1 Å². The number of benzene rings is 2. The summed E-state index contributed by atoms with van der Waals surface area (Å²) in [5.74, 6) is -0.343. The van der Waals surface area contributed by atoms with Crippen molar-refractivity contribution in [3.8, 4) is 0 Å². The smallest absolute Gasteiger partial charge is 0.342 e. The maximum atomic E-state index is 12.9. The molecule has 0 fully saturated rings. The number of hydrogen-bond donors (Lipinski definition) is 0. The molecule has 0 amide bonds. The highest BCUT2D eigenvalue weighted by Gasteiger charge is 2.54. The number of rotatable bonds is 5. The summed E-state index contributed by atoms with van der Waals surface area (Å²) in [6.45, 7) is 3.52. The van der Waals surface area contributed by atoms with Gasteiger partial charge in [-0.15, -0.1) is 0 Å². The third kappa shape index (κ3) is 3.26. The number of esters is 1. The minimum Gasteiger partial charge on any atom is -0.471 e. The summed E-state index contributed by atoms with van der Waals surface area (Å²) >= 11 is 6.31. The van der Waals surface area contributed by atoms with E-state index < -0.39 is 22.5 Å². The van der Waals surface area contributed by atoms with Crippen LogP contribution in [0.3, 0.4) is 0 Å². The first-order valence-electron chi connectivity index (χ1n) is 8.33. The second-order valence-electron chi connectivity index (χ2n) is 5.95. The summed E-state index contributed by atoms with van der Waals surface area (Å²) in [4.78, 5) is 27.9. The predicted molar refractivity (Wildman–Crippen MR) is 99.9 cm³/mol. The number of nitro groups is 1. The Morgan fingerprint density at radius 1 is 1.33 bits per heavy atom. The maximum absolute atomic E-state index is 12.9. The van der Waals surface area contributed by atoms with Crippen molar-refractivity contribution < 1.29 is 19.2 Å². The maximum Gasteiger partial charge on any atom is 0.342 e. The zero-order chi connectivity index (χ0) is 19.6. The van der Waals surface area contributed by atoms with Gasteiger partial charge in [-0.05, 0) is 32.0 Å². The third-order valence-electron chi connectivity index (χ3n) is 4.34. The van der Waals surface area contributed by atoms with E-state index in [-0.39, 0.29) is 23.2 Å². The fourth-order valence-corrected chi connectivity index (χ4v) is 3.33. The van der Waals surface area contributed by atoms with Crippen molar-refractivity contribution in [1.82, 2.24) is 0 Å². The average Bonchev–Trinajstić information content (AvgIpc) is 3.00. The minimum atomic E-state index is -1.55. The molecule has 0 unspecified atom stereocenters. The molecular weight excluding hydrogens is 372 g/mol. The van der Waals surface area contributed by atoms with Gasteiger partial charge in [-0.25, -0.2) is 9.79 Å². The number of non-ortho nitro benzene ring substituents is 1. The largest absolute Gasteiger partial charge is 0.471 e. The lowest BCUT2D eigenvalue weighted by Gasteiger charge is -2.28. The Balaban J connectivity index is 2.18. The van der Waals surface area contributed by atoms with Crippen LogP contribution in [0.5, 0.6) is 0 Å². The summed E-state index contributed by atoms with van der Waals surface area (Å²) in [5, 5.41) is 11.1. The molecule has 0 aromatic heterocycles. The summed E-state index contributed by atoms with van der Waals surface area (Å²) in [6, 6.07) is 13.0. The van der Waals surface area contributed by atoms with Crippen molar-refractivity contribution in [3.63, 3.8) is 0 Å². The van der Waals surface area contributed by atoms with Crippen LogP contribution in [0.2, 0.25) is 5.02 Å². The van der Waals surface area contributed by atoms with E-state index in [0.29, 0.717) is 11.1 Å². The molecule has 0 saturated carbocycles. The van der Waals surface area contributed by atoms with Gasteiger partial charge in [-0.1, -0.05) is 29.8 Å². The van der Waals surface area contributed by atoms with Gasteiger partial charge in [0, 0.05) is 23.3 Å². The van der Waals surface area contributed by atoms with Gasteiger partial charge >= 0.3 is 5.97 Å². The summed E-state index contributed by atoms with van der Waals surface area (Å²) in [5.41, 5.74) is -0.727. The lowest BCUT2D eigenvalue weighted by Crippen LogP contribution is -2.43. The van der Waals surface area contributed by atoms with Gasteiger partial charge in [-0.3, -0.25) is 10.1 Å². The van der Waals surface area contributed by atoms with Crippen molar-refractivity contribution in [2.24, 2.45) is 4.99 Å². The molecule has 1 aliphatic heterocycles. The van der Waals surface area contributed by atoms with E-state index >= 15 is 0 Å². The zero-order valence-corrected chi connectivity index (χ0v) is 15.5. The van der Waals surface area contributed by atoms with Gasteiger partial charge in [0.05, 0.1) is 16.6 Å². The molecule has 0 spiro atoms. The molecule has 0 bridgehead atoms. The van der Waals surface area contributed by atoms with Crippen LogP contribution in [0.25, 0.3) is 0 Å². The predicted octanol–water partition coefficient (Wildman–Crippen LogP) is 3.87. The molecule has 3 rings (SSSR count). The SMILES string of the molecule is CCOC(=O)[C@]1(c2ccc([N+](=O)[O-])cc2Cl)N=C(c2ccccc2)O[C@@H]1C. The zero-order valence-electron chi connectivity index (χ0n) is 14.7. The number of carbonyl (C=O) groups is 1. The lowest BCUT2D eigenvalue weighted by molar-refractivity contribution is -0.384. The van der Waals surface area contributed by atoms with Crippen molar-refractivity contribution >= 4 is 29.2 Å². The van der Waals surface area contributed by atoms with Crippen molar-refractivity contribution in [2.75, 3.05) is 6.61 Å². The molecule has 7 nitrogen and oxygen atoms in total. The summed E-state index contributed by atoms with van der Waals surface area (Å²) in [7, 11) is 0. The molecule has 0 N–H and O–H groups in total. The number of ether oxygens (including phenoxy) is 2. The van der Waals surface area contributed by atoms with E-state index in [9.17, 15) is 14.9 Å². The number of hydrogen-bond acceptors (Lipinski definition) is 6. The number of nitro benzene ring substituents is 1. The second kappa shape index (κ2) is 7.36. The fourth-order valence-electron chi connectivity index (χ4n) is 3.01. The first-order chi connectivity index (χ1) is 12.9. The first-order valence-corrected chi connectivity index (χ1v) is 8.71. The number of aliphatic imine (C=N–C) groups is 1. The minimum absolute atomic E-state index is 0.0470. The molecular formula is C19H17ClN2O5. The van der Waals surface area contributed by atoms with Crippen LogP contribution >= 0.6 is 11.6 Å². The molecule has 0 saturated heterocycles. The Bertz CT molecular complexity index is 916. The molecule has 2 aromatic carbocycles.